The van der Waals surface area contributed by atoms with Crippen molar-refractivity contribution in [2.24, 2.45) is 0 Å². The van der Waals surface area contributed by atoms with Crippen LogP contribution in [0.3, 0.4) is 0 Å². The summed E-state index contributed by atoms with van der Waals surface area (Å²) in [4.78, 5) is 9.65. The Morgan fingerprint density at radius 3 is 2.13 bits per heavy atom. The van der Waals surface area contributed by atoms with E-state index in [2.05, 4.69) is 43.1 Å². The van der Waals surface area contributed by atoms with E-state index in [4.69, 9.17) is 0 Å². The highest BCUT2D eigenvalue weighted by molar-refractivity contribution is 8.28. The highest BCUT2D eigenvalue weighted by Gasteiger charge is 2.14. The molecule has 0 radical (unpaired) electrons. The lowest BCUT2D eigenvalue weighted by Gasteiger charge is -1.95. The molecule has 146 valence electrons. The van der Waals surface area contributed by atoms with Gasteiger partial charge in [0.1, 0.15) is 16.8 Å². The van der Waals surface area contributed by atoms with Gasteiger partial charge in [-0.25, -0.2) is 4.98 Å². The molecule has 0 bridgehead atoms. The molecule has 3 heterocycles. The molecule has 30 heavy (non-hydrogen) atoms. The maximum atomic E-state index is 9.25. The molecular weight excluding hydrogens is 447 g/mol. The smallest absolute Gasteiger partial charge is 0.165 e. The summed E-state index contributed by atoms with van der Waals surface area (Å²) in [5.41, 5.74) is 1.81. The maximum absolute atomic E-state index is 9.25. The minimum absolute atomic E-state index is 0.0435. The van der Waals surface area contributed by atoms with Crippen LogP contribution in [0.25, 0.3) is 29.0 Å². The van der Waals surface area contributed by atoms with E-state index in [1.807, 2.05) is 66.0 Å². The number of allylic oxidation sites excluding steroid dienone is 2. The topological polar surface area (TPSA) is 60.5 Å². The van der Waals surface area contributed by atoms with Crippen molar-refractivity contribution < 1.29 is 0 Å². The van der Waals surface area contributed by atoms with E-state index < -0.39 is 0 Å². The molecule has 1 aliphatic heterocycles. The third-order valence-electron chi connectivity index (χ3n) is 4.32. The van der Waals surface area contributed by atoms with Crippen LogP contribution >= 0.6 is 46.2 Å². The zero-order valence-corrected chi connectivity index (χ0v) is 19.4. The Balaban J connectivity index is 1.77. The fourth-order valence-corrected chi connectivity index (χ4v) is 7.29. The van der Waals surface area contributed by atoms with Gasteiger partial charge in [0, 0.05) is 15.3 Å². The van der Waals surface area contributed by atoms with E-state index in [-0.39, 0.29) is 5.57 Å². The van der Waals surface area contributed by atoms with Crippen molar-refractivity contribution >= 4 is 63.9 Å². The second kappa shape index (κ2) is 9.07. The third kappa shape index (κ3) is 4.45. The van der Waals surface area contributed by atoms with Gasteiger partial charge in [-0.2, -0.15) is 10.5 Å². The zero-order valence-electron chi connectivity index (χ0n) is 16.2. The van der Waals surface area contributed by atoms with Gasteiger partial charge in [-0.15, -0.1) is 22.7 Å². The summed E-state index contributed by atoms with van der Waals surface area (Å²) in [5.74, 6) is 0. The van der Waals surface area contributed by atoms with Gasteiger partial charge >= 0.3 is 0 Å². The Kier molecular flexibility index (Phi) is 6.26. The number of rotatable bonds is 3. The van der Waals surface area contributed by atoms with Crippen LogP contribution in [0, 0.1) is 22.7 Å². The fourth-order valence-electron chi connectivity index (χ4n) is 2.75. The number of nitrogens with zero attached hydrogens (tertiary/aromatic N) is 3. The summed E-state index contributed by atoms with van der Waals surface area (Å²) in [7, 11) is 0. The lowest BCUT2D eigenvalue weighted by molar-refractivity contribution is 1.33. The molecule has 0 fully saturated rings. The molecule has 0 saturated carbocycles. The predicted molar refractivity (Wildman–Crippen MR) is 131 cm³/mol. The van der Waals surface area contributed by atoms with Crippen LogP contribution < -0.4 is 9.20 Å². The second-order valence-electron chi connectivity index (χ2n) is 6.36. The van der Waals surface area contributed by atoms with Crippen LogP contribution in [-0.4, -0.2) is 4.98 Å². The minimum atomic E-state index is 0.0435. The number of hydrogen-bond acceptors (Lipinski definition) is 7. The fraction of sp³-hybridized carbons (Fsp3) is 0.0870. The van der Waals surface area contributed by atoms with Crippen LogP contribution in [-0.2, 0) is 0 Å². The normalized spacial score (nSPS) is 14.0. The molecule has 0 N–H and O–H groups in total. The Labute approximate surface area is 191 Å². The first-order valence-electron chi connectivity index (χ1n) is 9.00. The molecule has 0 unspecified atom stereocenters. The van der Waals surface area contributed by atoms with Crippen molar-refractivity contribution in [3.05, 3.63) is 75.5 Å². The van der Waals surface area contributed by atoms with Crippen LogP contribution in [0.1, 0.15) is 23.6 Å². The predicted octanol–water partition coefficient (Wildman–Crippen LogP) is 5.93. The van der Waals surface area contributed by atoms with E-state index in [9.17, 15) is 10.5 Å². The Hall–Kier alpha value is -2.55. The Bertz CT molecular complexity index is 1340. The Morgan fingerprint density at radius 1 is 0.867 bits per heavy atom. The molecular formula is C23H15N3S4. The molecule has 0 saturated heterocycles. The number of thioether (sulfide) groups is 2. The summed E-state index contributed by atoms with van der Waals surface area (Å²) in [6.45, 7) is 4.31. The standard InChI is InChI=1S/C23H15N3S4/c1-14-15(2)28-21(27-14)11-19-9-8-18(29-19)10-20-22(16-6-4-3-5-7-16)26-23(30-20)17(12-24)13-25/h3-11H,1-2H3/b20-10-. The molecule has 2 aromatic heterocycles. The minimum Gasteiger partial charge on any atom is -0.234 e. The van der Waals surface area contributed by atoms with E-state index in [1.54, 1.807) is 11.3 Å². The summed E-state index contributed by atoms with van der Waals surface area (Å²) >= 11 is 6.73. The first-order valence-corrected chi connectivity index (χ1v) is 12.3. The van der Waals surface area contributed by atoms with E-state index >= 15 is 0 Å². The second-order valence-corrected chi connectivity index (χ2v) is 11.3. The van der Waals surface area contributed by atoms with Crippen LogP contribution in [0.15, 0.2) is 56.5 Å². The van der Waals surface area contributed by atoms with Crippen LogP contribution in [0.5, 0.6) is 0 Å². The van der Waals surface area contributed by atoms with Crippen molar-refractivity contribution in [3.8, 4) is 23.4 Å². The number of benzene rings is 1. The van der Waals surface area contributed by atoms with E-state index in [0.717, 1.165) is 20.7 Å². The monoisotopic (exact) mass is 461 g/mol. The molecule has 0 spiro atoms. The van der Waals surface area contributed by atoms with Crippen molar-refractivity contribution in [1.29, 1.82) is 10.5 Å². The number of thiophene rings is 1. The first-order chi connectivity index (χ1) is 14.6. The number of thiazole rings is 1. The average Bonchev–Trinajstić information content (AvgIpc) is 3.44. The maximum Gasteiger partial charge on any atom is 0.165 e. The van der Waals surface area contributed by atoms with E-state index in [0.29, 0.717) is 4.66 Å². The summed E-state index contributed by atoms with van der Waals surface area (Å²) in [6.07, 6.45) is 4.32. The van der Waals surface area contributed by atoms with Gasteiger partial charge in [-0.1, -0.05) is 53.9 Å². The van der Waals surface area contributed by atoms with E-state index in [1.165, 1.54) is 30.3 Å². The summed E-state index contributed by atoms with van der Waals surface area (Å²) in [5, 5.41) is 18.5. The van der Waals surface area contributed by atoms with Gasteiger partial charge in [0.15, 0.2) is 5.57 Å². The molecule has 4 rings (SSSR count). The van der Waals surface area contributed by atoms with Gasteiger partial charge in [-0.05, 0) is 47.9 Å². The van der Waals surface area contributed by atoms with Crippen LogP contribution in [0.4, 0.5) is 0 Å². The van der Waals surface area contributed by atoms with Gasteiger partial charge in [0.2, 0.25) is 0 Å². The molecule has 0 atom stereocenters. The van der Waals surface area contributed by atoms with Gasteiger partial charge in [0.25, 0.3) is 0 Å². The lowest BCUT2D eigenvalue weighted by Crippen LogP contribution is -2.01. The van der Waals surface area contributed by atoms with Gasteiger partial charge in [-0.3, -0.25) is 0 Å². The molecule has 1 aromatic carbocycles. The lowest BCUT2D eigenvalue weighted by atomic mass is 10.1. The summed E-state index contributed by atoms with van der Waals surface area (Å²) in [6, 6.07) is 18.0. The van der Waals surface area contributed by atoms with Crippen molar-refractivity contribution in [2.45, 2.75) is 13.8 Å². The van der Waals surface area contributed by atoms with Crippen LogP contribution in [0.2, 0.25) is 0 Å². The molecule has 3 aromatic rings. The molecule has 1 aliphatic rings. The van der Waals surface area contributed by atoms with Gasteiger partial charge < -0.3 is 0 Å². The highest BCUT2D eigenvalue weighted by atomic mass is 32.2. The largest absolute Gasteiger partial charge is 0.234 e. The molecule has 3 nitrogen and oxygen atoms in total. The van der Waals surface area contributed by atoms with Gasteiger partial charge in [0.05, 0.1) is 14.5 Å². The van der Waals surface area contributed by atoms with Crippen molar-refractivity contribution in [3.63, 3.8) is 0 Å². The zero-order chi connectivity index (χ0) is 21.1. The first kappa shape index (κ1) is 20.7. The number of hydrogen-bond donors (Lipinski definition) is 0. The highest BCUT2D eigenvalue weighted by Crippen LogP contribution is 2.49. The summed E-state index contributed by atoms with van der Waals surface area (Å²) < 4.78 is 2.70. The Morgan fingerprint density at radius 2 is 1.50 bits per heavy atom. The SMILES string of the molecule is CC1=C(C)SC(=Cc2ccc(/C=c3\sc(=C(C#N)C#N)nc3-c3ccccc3)s2)S1. The van der Waals surface area contributed by atoms with Crippen molar-refractivity contribution in [2.75, 3.05) is 0 Å². The van der Waals surface area contributed by atoms with Crippen molar-refractivity contribution in [1.82, 2.24) is 4.98 Å². The molecule has 7 heteroatoms. The third-order valence-corrected chi connectivity index (χ3v) is 8.81. The number of aromatic nitrogens is 1. The molecule has 0 aliphatic carbocycles. The average molecular weight is 462 g/mol. The quantitative estimate of drug-likeness (QED) is 0.484. The number of nitriles is 2. The molecule has 0 amide bonds.